The third-order valence-corrected chi connectivity index (χ3v) is 3.49. The highest BCUT2D eigenvalue weighted by Crippen LogP contribution is 2.38. The van der Waals surface area contributed by atoms with E-state index in [4.69, 9.17) is 0 Å². The Kier molecular flexibility index (Phi) is 3.56. The van der Waals surface area contributed by atoms with Crippen molar-refractivity contribution in [3.05, 3.63) is 11.3 Å². The molecule has 4 nitrogen and oxygen atoms in total. The zero-order chi connectivity index (χ0) is 14.2. The van der Waals surface area contributed by atoms with Gasteiger partial charge in [0.05, 0.1) is 0 Å². The number of hydrogen-bond acceptors (Lipinski definition) is 2. The molecule has 0 radical (unpaired) electrons. The highest BCUT2D eigenvalue weighted by atomic mass is 19.4. The number of nitrogens with zero attached hydrogens (tertiary/aromatic N) is 1. The molecule has 1 heterocycles. The number of amides is 1. The van der Waals surface area contributed by atoms with E-state index in [1.54, 1.807) is 0 Å². The van der Waals surface area contributed by atoms with Crippen molar-refractivity contribution in [3.63, 3.8) is 0 Å². The van der Waals surface area contributed by atoms with Gasteiger partial charge in [0.2, 0.25) is 5.91 Å². The molecule has 1 aromatic heterocycles. The monoisotopic (exact) mass is 275 g/mol. The number of nitrogens with one attached hydrogen (secondary N) is 2. The van der Waals surface area contributed by atoms with Crippen LogP contribution in [0.5, 0.6) is 0 Å². The van der Waals surface area contributed by atoms with Crippen molar-refractivity contribution in [3.8, 4) is 0 Å². The lowest BCUT2D eigenvalue weighted by Crippen LogP contribution is -2.17. The Labute approximate surface area is 108 Å². The van der Waals surface area contributed by atoms with Crippen LogP contribution in [0.15, 0.2) is 0 Å². The first-order valence-electron chi connectivity index (χ1n) is 6.21. The summed E-state index contributed by atoms with van der Waals surface area (Å²) in [7, 11) is 0. The van der Waals surface area contributed by atoms with E-state index in [2.05, 4.69) is 10.4 Å². The quantitative estimate of drug-likeness (QED) is 0.887. The summed E-state index contributed by atoms with van der Waals surface area (Å²) in [6.07, 6.45) is -1.90. The smallest absolute Gasteiger partial charge is 0.309 e. The van der Waals surface area contributed by atoms with Crippen molar-refractivity contribution in [2.24, 2.45) is 11.8 Å². The zero-order valence-corrected chi connectivity index (χ0v) is 10.8. The van der Waals surface area contributed by atoms with Crippen LogP contribution in [0.3, 0.4) is 0 Å². The van der Waals surface area contributed by atoms with Crippen molar-refractivity contribution in [2.75, 3.05) is 5.32 Å². The number of halogens is 3. The number of aromatic amines is 1. The van der Waals surface area contributed by atoms with Gasteiger partial charge in [-0.3, -0.25) is 9.89 Å². The summed E-state index contributed by atoms with van der Waals surface area (Å²) in [4.78, 5) is 11.7. The second kappa shape index (κ2) is 4.86. The summed E-state index contributed by atoms with van der Waals surface area (Å²) in [6.45, 7) is 3.27. The van der Waals surface area contributed by atoms with E-state index < -0.39 is 11.9 Å². The van der Waals surface area contributed by atoms with Gasteiger partial charge in [0, 0.05) is 12.0 Å². The molecule has 1 atom stereocenters. The van der Waals surface area contributed by atoms with Gasteiger partial charge in [-0.05, 0) is 31.6 Å². The Balaban J connectivity index is 1.99. The van der Waals surface area contributed by atoms with Gasteiger partial charge in [-0.2, -0.15) is 18.3 Å². The van der Waals surface area contributed by atoms with Gasteiger partial charge in [0.25, 0.3) is 0 Å². The van der Waals surface area contributed by atoms with Gasteiger partial charge < -0.3 is 5.32 Å². The number of anilines is 1. The second-order valence-corrected chi connectivity index (χ2v) is 5.14. The predicted octanol–water partition coefficient (Wildman–Crippen LogP) is 3.11. The van der Waals surface area contributed by atoms with Crippen LogP contribution in [-0.2, 0) is 11.0 Å². The highest BCUT2D eigenvalue weighted by Gasteiger charge is 2.36. The third kappa shape index (κ3) is 3.27. The SMILES string of the molecule is Cc1c(NC(=O)C[C@@H](C)C2CC2)n[nH]c1C(F)(F)F. The molecule has 0 saturated heterocycles. The number of carbonyl (C=O) groups is 1. The molecular weight excluding hydrogens is 259 g/mol. The van der Waals surface area contributed by atoms with Crippen LogP contribution in [0.2, 0.25) is 0 Å². The van der Waals surface area contributed by atoms with Crippen LogP contribution in [-0.4, -0.2) is 16.1 Å². The minimum atomic E-state index is -4.48. The maximum absolute atomic E-state index is 12.5. The third-order valence-electron chi connectivity index (χ3n) is 3.49. The van der Waals surface area contributed by atoms with E-state index in [0.29, 0.717) is 12.3 Å². The number of H-pyrrole nitrogens is 1. The molecule has 2 rings (SSSR count). The fraction of sp³-hybridized carbons (Fsp3) is 0.667. The van der Waals surface area contributed by atoms with E-state index >= 15 is 0 Å². The molecule has 1 fully saturated rings. The summed E-state index contributed by atoms with van der Waals surface area (Å²) < 4.78 is 37.6. The number of alkyl halides is 3. The molecule has 2 N–H and O–H groups in total. The lowest BCUT2D eigenvalue weighted by Gasteiger charge is -2.09. The highest BCUT2D eigenvalue weighted by molar-refractivity contribution is 5.90. The molecule has 1 aliphatic carbocycles. The molecule has 1 amide bonds. The van der Waals surface area contributed by atoms with Crippen LogP contribution in [0.1, 0.15) is 37.4 Å². The fourth-order valence-electron chi connectivity index (χ4n) is 2.10. The number of carbonyl (C=O) groups excluding carboxylic acids is 1. The summed E-state index contributed by atoms with van der Waals surface area (Å²) in [6, 6.07) is 0. The van der Waals surface area contributed by atoms with E-state index in [-0.39, 0.29) is 23.2 Å². The maximum Gasteiger partial charge on any atom is 0.433 e. The molecule has 0 bridgehead atoms. The molecule has 7 heteroatoms. The van der Waals surface area contributed by atoms with Crippen molar-refractivity contribution >= 4 is 11.7 Å². The first kappa shape index (κ1) is 13.9. The van der Waals surface area contributed by atoms with Crippen LogP contribution in [0, 0.1) is 18.8 Å². The largest absolute Gasteiger partial charge is 0.433 e. The minimum absolute atomic E-state index is 0.0414. The number of aromatic nitrogens is 2. The van der Waals surface area contributed by atoms with Crippen LogP contribution in [0.25, 0.3) is 0 Å². The molecule has 0 unspecified atom stereocenters. The maximum atomic E-state index is 12.5. The molecule has 1 saturated carbocycles. The van der Waals surface area contributed by atoms with Gasteiger partial charge in [-0.25, -0.2) is 0 Å². The van der Waals surface area contributed by atoms with E-state index in [1.165, 1.54) is 6.92 Å². The number of hydrogen-bond donors (Lipinski definition) is 2. The molecule has 1 aliphatic rings. The average Bonchev–Trinajstić information content (AvgIpc) is 3.04. The number of rotatable bonds is 4. The molecule has 106 valence electrons. The lowest BCUT2D eigenvalue weighted by atomic mass is 10.0. The minimum Gasteiger partial charge on any atom is -0.309 e. The summed E-state index contributed by atoms with van der Waals surface area (Å²) in [5.74, 6) is 0.515. The topological polar surface area (TPSA) is 57.8 Å². The average molecular weight is 275 g/mol. The molecule has 0 aromatic carbocycles. The van der Waals surface area contributed by atoms with Crippen LogP contribution < -0.4 is 5.32 Å². The predicted molar refractivity (Wildman–Crippen MR) is 63.5 cm³/mol. The van der Waals surface area contributed by atoms with Crippen molar-refractivity contribution in [2.45, 2.75) is 39.3 Å². The Morgan fingerprint density at radius 1 is 1.53 bits per heavy atom. The standard InChI is InChI=1S/C12H16F3N3O/c1-6(8-3-4-8)5-9(19)16-11-7(2)10(17-18-11)12(13,14)15/h6,8H,3-5H2,1-2H3,(H2,16,17,18,19)/t6-/m1/s1. The Bertz CT molecular complexity index is 477. The van der Waals surface area contributed by atoms with Crippen molar-refractivity contribution in [1.29, 1.82) is 0 Å². The normalized spacial score (nSPS) is 17.3. The van der Waals surface area contributed by atoms with Gasteiger partial charge in [0.1, 0.15) is 5.69 Å². The first-order valence-corrected chi connectivity index (χ1v) is 6.21. The van der Waals surface area contributed by atoms with Gasteiger partial charge in [0.15, 0.2) is 5.82 Å². The lowest BCUT2D eigenvalue weighted by molar-refractivity contribution is -0.141. The summed E-state index contributed by atoms with van der Waals surface area (Å²) in [5, 5.41) is 7.87. The Morgan fingerprint density at radius 3 is 2.63 bits per heavy atom. The molecule has 0 aliphatic heterocycles. The van der Waals surface area contributed by atoms with Crippen molar-refractivity contribution < 1.29 is 18.0 Å². The first-order chi connectivity index (χ1) is 8.79. The molecule has 0 spiro atoms. The molecule has 1 aromatic rings. The van der Waals surface area contributed by atoms with Crippen LogP contribution in [0.4, 0.5) is 19.0 Å². The molecule has 19 heavy (non-hydrogen) atoms. The van der Waals surface area contributed by atoms with Crippen molar-refractivity contribution in [1.82, 2.24) is 10.2 Å². The van der Waals surface area contributed by atoms with E-state index in [9.17, 15) is 18.0 Å². The summed E-state index contributed by atoms with van der Waals surface area (Å²) in [5.41, 5.74) is -1.00. The Morgan fingerprint density at radius 2 is 2.16 bits per heavy atom. The van der Waals surface area contributed by atoms with Gasteiger partial charge in [-0.1, -0.05) is 6.92 Å². The van der Waals surface area contributed by atoms with Crippen LogP contribution >= 0.6 is 0 Å². The Hall–Kier alpha value is -1.53. The second-order valence-electron chi connectivity index (χ2n) is 5.14. The molecular formula is C12H16F3N3O. The van der Waals surface area contributed by atoms with E-state index in [0.717, 1.165) is 12.8 Å². The fourth-order valence-corrected chi connectivity index (χ4v) is 2.10. The zero-order valence-electron chi connectivity index (χ0n) is 10.8. The van der Waals surface area contributed by atoms with Gasteiger partial charge >= 0.3 is 6.18 Å². The van der Waals surface area contributed by atoms with Gasteiger partial charge in [-0.15, -0.1) is 0 Å². The summed E-state index contributed by atoms with van der Waals surface area (Å²) >= 11 is 0. The van der Waals surface area contributed by atoms with E-state index in [1.807, 2.05) is 12.0 Å².